The van der Waals surface area contributed by atoms with Gasteiger partial charge in [0.25, 0.3) is 0 Å². The fraction of sp³-hybridized carbons (Fsp3) is 0.538. The van der Waals surface area contributed by atoms with E-state index in [0.717, 1.165) is 43.1 Å². The first kappa shape index (κ1) is 12.0. The highest BCUT2D eigenvalue weighted by Gasteiger charge is 2.18. The molecule has 0 spiro atoms. The van der Waals surface area contributed by atoms with E-state index >= 15 is 0 Å². The molecule has 1 aromatic carbocycles. The zero-order chi connectivity index (χ0) is 12.1. The van der Waals surface area contributed by atoms with Crippen LogP contribution < -0.4 is 19.9 Å². The molecule has 0 unspecified atom stereocenters. The van der Waals surface area contributed by atoms with Crippen molar-refractivity contribution in [1.82, 2.24) is 0 Å². The van der Waals surface area contributed by atoms with Crippen LogP contribution in [-0.2, 0) is 6.42 Å². The van der Waals surface area contributed by atoms with Gasteiger partial charge in [0.2, 0.25) is 5.75 Å². The first-order valence-electron chi connectivity index (χ1n) is 6.01. The van der Waals surface area contributed by atoms with Gasteiger partial charge in [-0.25, -0.2) is 0 Å². The molecule has 94 valence electrons. The van der Waals surface area contributed by atoms with E-state index in [-0.39, 0.29) is 0 Å². The minimum absolute atomic E-state index is 0.579. The van der Waals surface area contributed by atoms with Crippen LogP contribution in [0.25, 0.3) is 0 Å². The molecule has 2 N–H and O–H groups in total. The highest BCUT2D eigenvalue weighted by Crippen LogP contribution is 2.40. The van der Waals surface area contributed by atoms with E-state index in [4.69, 9.17) is 19.9 Å². The summed E-state index contributed by atoms with van der Waals surface area (Å²) >= 11 is 0. The number of fused-ring (bicyclic) bond motifs is 1. The maximum Gasteiger partial charge on any atom is 0.203 e. The van der Waals surface area contributed by atoms with Crippen LogP contribution in [0.1, 0.15) is 18.4 Å². The summed E-state index contributed by atoms with van der Waals surface area (Å²) in [7, 11) is 1.65. The number of nitrogens with two attached hydrogens (primary N) is 1. The van der Waals surface area contributed by atoms with Crippen molar-refractivity contribution in [2.24, 2.45) is 5.73 Å². The molecule has 0 amide bonds. The molecule has 0 saturated carbocycles. The van der Waals surface area contributed by atoms with E-state index in [1.807, 2.05) is 12.1 Å². The molecule has 1 aliphatic heterocycles. The van der Waals surface area contributed by atoms with Crippen LogP contribution in [0.15, 0.2) is 12.1 Å². The molecule has 0 saturated heterocycles. The third-order valence-electron chi connectivity index (χ3n) is 2.81. The molecule has 0 radical (unpaired) electrons. The monoisotopic (exact) mass is 237 g/mol. The minimum atomic E-state index is 0.579. The van der Waals surface area contributed by atoms with E-state index in [9.17, 15) is 0 Å². The number of ether oxygens (including phenoxy) is 3. The van der Waals surface area contributed by atoms with Gasteiger partial charge in [-0.05, 0) is 43.5 Å². The van der Waals surface area contributed by atoms with Crippen LogP contribution in [-0.4, -0.2) is 26.9 Å². The Labute approximate surface area is 102 Å². The normalized spacial score (nSPS) is 13.5. The van der Waals surface area contributed by atoms with Crippen molar-refractivity contribution in [3.8, 4) is 17.2 Å². The highest BCUT2D eigenvalue weighted by atomic mass is 16.6. The fourth-order valence-electron chi connectivity index (χ4n) is 1.95. The van der Waals surface area contributed by atoms with Crippen LogP contribution in [0.5, 0.6) is 17.2 Å². The number of unbranched alkanes of at least 4 members (excludes halogenated alkanes) is 1. The molecule has 0 aromatic heterocycles. The van der Waals surface area contributed by atoms with Crippen LogP contribution in [0.3, 0.4) is 0 Å². The van der Waals surface area contributed by atoms with Crippen LogP contribution in [0.4, 0.5) is 0 Å². The van der Waals surface area contributed by atoms with Gasteiger partial charge in [-0.15, -0.1) is 0 Å². The average Bonchev–Trinajstić information content (AvgIpc) is 2.38. The third kappa shape index (κ3) is 2.82. The Balaban J connectivity index is 2.17. The van der Waals surface area contributed by atoms with Gasteiger partial charge in [-0.1, -0.05) is 0 Å². The van der Waals surface area contributed by atoms with Crippen LogP contribution in [0, 0.1) is 0 Å². The smallest absolute Gasteiger partial charge is 0.203 e. The van der Waals surface area contributed by atoms with Crippen molar-refractivity contribution in [2.45, 2.75) is 19.3 Å². The Morgan fingerprint density at radius 1 is 1.24 bits per heavy atom. The topological polar surface area (TPSA) is 53.7 Å². The Morgan fingerprint density at radius 3 is 2.82 bits per heavy atom. The molecule has 0 fully saturated rings. The number of methoxy groups -OCH3 is 1. The summed E-state index contributed by atoms with van der Waals surface area (Å²) in [5, 5.41) is 0. The van der Waals surface area contributed by atoms with Crippen molar-refractivity contribution in [1.29, 1.82) is 0 Å². The molecule has 1 aliphatic rings. The van der Waals surface area contributed by atoms with Crippen molar-refractivity contribution < 1.29 is 14.2 Å². The molecule has 0 aliphatic carbocycles. The molecule has 1 aromatic rings. The fourth-order valence-corrected chi connectivity index (χ4v) is 1.95. The van der Waals surface area contributed by atoms with Gasteiger partial charge in [0.15, 0.2) is 11.5 Å². The second kappa shape index (κ2) is 5.77. The van der Waals surface area contributed by atoms with Gasteiger partial charge >= 0.3 is 0 Å². The molecule has 0 atom stereocenters. The van der Waals surface area contributed by atoms with Crippen molar-refractivity contribution in [3.05, 3.63) is 17.7 Å². The molecule has 4 heteroatoms. The number of benzene rings is 1. The first-order valence-corrected chi connectivity index (χ1v) is 6.01. The largest absolute Gasteiger partial charge is 0.493 e. The second-order valence-electron chi connectivity index (χ2n) is 4.07. The highest BCUT2D eigenvalue weighted by molar-refractivity contribution is 5.54. The van der Waals surface area contributed by atoms with E-state index in [0.29, 0.717) is 13.2 Å². The van der Waals surface area contributed by atoms with Crippen molar-refractivity contribution >= 4 is 0 Å². The lowest BCUT2D eigenvalue weighted by molar-refractivity contribution is 0.165. The zero-order valence-corrected chi connectivity index (χ0v) is 10.2. The number of hydrogen-bond acceptors (Lipinski definition) is 4. The van der Waals surface area contributed by atoms with E-state index < -0.39 is 0 Å². The van der Waals surface area contributed by atoms with Gasteiger partial charge in [0.05, 0.1) is 7.11 Å². The van der Waals surface area contributed by atoms with Crippen LogP contribution >= 0.6 is 0 Å². The molecular formula is C13H19NO3. The summed E-state index contributed by atoms with van der Waals surface area (Å²) in [5.74, 6) is 2.27. The quantitative estimate of drug-likeness (QED) is 0.793. The summed E-state index contributed by atoms with van der Waals surface area (Å²) in [6.07, 6.45) is 3.11. The van der Waals surface area contributed by atoms with Gasteiger partial charge in [-0.2, -0.15) is 0 Å². The standard InChI is InChI=1S/C13H19NO3/c1-15-11-8-10(4-2-3-5-14)9-12-13(11)17-7-6-16-12/h8-9H,2-7,14H2,1H3. The summed E-state index contributed by atoms with van der Waals surface area (Å²) in [6.45, 7) is 1.92. The second-order valence-corrected chi connectivity index (χ2v) is 4.07. The summed E-state index contributed by atoms with van der Waals surface area (Å²) in [6, 6.07) is 4.05. The lowest BCUT2D eigenvalue weighted by Gasteiger charge is -2.21. The van der Waals surface area contributed by atoms with Crippen LogP contribution in [0.2, 0.25) is 0 Å². The lowest BCUT2D eigenvalue weighted by atomic mass is 10.1. The Kier molecular flexibility index (Phi) is 4.09. The van der Waals surface area contributed by atoms with Gasteiger partial charge in [0.1, 0.15) is 13.2 Å². The minimum Gasteiger partial charge on any atom is -0.493 e. The Hall–Kier alpha value is -1.42. The van der Waals surface area contributed by atoms with Crippen molar-refractivity contribution in [3.63, 3.8) is 0 Å². The third-order valence-corrected chi connectivity index (χ3v) is 2.81. The van der Waals surface area contributed by atoms with E-state index in [2.05, 4.69) is 0 Å². The zero-order valence-electron chi connectivity index (χ0n) is 10.2. The average molecular weight is 237 g/mol. The molecule has 0 bridgehead atoms. The van der Waals surface area contributed by atoms with E-state index in [1.165, 1.54) is 5.56 Å². The Morgan fingerprint density at radius 2 is 2.06 bits per heavy atom. The van der Waals surface area contributed by atoms with Gasteiger partial charge < -0.3 is 19.9 Å². The predicted octanol–water partition coefficient (Wildman–Crippen LogP) is 1.75. The number of aryl methyl sites for hydroxylation is 1. The first-order chi connectivity index (χ1) is 8.35. The molecule has 1 heterocycles. The van der Waals surface area contributed by atoms with Gasteiger partial charge in [0, 0.05) is 0 Å². The van der Waals surface area contributed by atoms with E-state index in [1.54, 1.807) is 7.11 Å². The molecule has 17 heavy (non-hydrogen) atoms. The van der Waals surface area contributed by atoms with Gasteiger partial charge in [-0.3, -0.25) is 0 Å². The number of rotatable bonds is 5. The Bertz CT molecular complexity index is 362. The summed E-state index contributed by atoms with van der Waals surface area (Å²) in [4.78, 5) is 0. The summed E-state index contributed by atoms with van der Waals surface area (Å²) < 4.78 is 16.5. The maximum absolute atomic E-state index is 5.58. The molecule has 2 rings (SSSR count). The molecular weight excluding hydrogens is 218 g/mol. The predicted molar refractivity (Wildman–Crippen MR) is 66.0 cm³/mol. The maximum atomic E-state index is 5.58. The lowest BCUT2D eigenvalue weighted by Crippen LogP contribution is -2.16. The summed E-state index contributed by atoms with van der Waals surface area (Å²) in [5.41, 5.74) is 6.70. The molecule has 4 nitrogen and oxygen atoms in total. The van der Waals surface area contributed by atoms with Crippen molar-refractivity contribution in [2.75, 3.05) is 26.9 Å². The number of hydrogen-bond donors (Lipinski definition) is 1. The SMILES string of the molecule is COc1cc(CCCCN)cc2c1OCCO2.